The van der Waals surface area contributed by atoms with E-state index in [0.29, 0.717) is 5.11 Å². The van der Waals surface area contributed by atoms with Gasteiger partial charge in [-0.1, -0.05) is 6.07 Å². The maximum Gasteiger partial charge on any atom is 0.174 e. The lowest BCUT2D eigenvalue weighted by Crippen LogP contribution is -2.29. The Morgan fingerprint density at radius 1 is 0.947 bits per heavy atom. The number of pyridine rings is 1. The van der Waals surface area contributed by atoms with Gasteiger partial charge in [0.15, 0.2) is 5.11 Å². The van der Waals surface area contributed by atoms with Crippen molar-refractivity contribution in [3.8, 4) is 11.4 Å². The maximum absolute atomic E-state index is 5.94. The fraction of sp³-hybridized carbons (Fsp3) is 0.290. The molecule has 1 N–H and O–H groups in total. The summed E-state index contributed by atoms with van der Waals surface area (Å²) in [6, 6.07) is 25.0. The number of rotatable bonds is 7. The molecule has 1 aliphatic heterocycles. The Morgan fingerprint density at radius 2 is 1.63 bits per heavy atom. The molecule has 1 fully saturated rings. The zero-order valence-corrected chi connectivity index (χ0v) is 23.7. The third kappa shape index (κ3) is 4.86. The van der Waals surface area contributed by atoms with Crippen molar-refractivity contribution in [2.24, 2.45) is 0 Å². The normalized spacial score (nSPS) is 17.1. The molecule has 0 radical (unpaired) electrons. The molecular weight excluding hydrogens is 490 g/mol. The summed E-state index contributed by atoms with van der Waals surface area (Å²) in [6.45, 7) is 8.42. The average Bonchev–Trinajstić information content (AvgIpc) is 3.39. The summed E-state index contributed by atoms with van der Waals surface area (Å²) >= 11 is 5.94. The molecule has 1 aliphatic rings. The average molecular weight is 526 g/mol. The Morgan fingerprint density at radius 3 is 2.24 bits per heavy atom. The molecule has 0 spiro atoms. The minimum atomic E-state index is -0.0969. The lowest BCUT2D eigenvalue weighted by molar-refractivity contribution is 0.242. The van der Waals surface area contributed by atoms with E-state index in [1.807, 2.05) is 44.3 Å². The second-order valence-corrected chi connectivity index (χ2v) is 10.6. The van der Waals surface area contributed by atoms with E-state index in [0.717, 1.165) is 22.8 Å². The predicted molar refractivity (Wildman–Crippen MR) is 160 cm³/mol. The molecule has 3 heterocycles. The van der Waals surface area contributed by atoms with Crippen molar-refractivity contribution in [3.05, 3.63) is 102 Å². The van der Waals surface area contributed by atoms with Crippen molar-refractivity contribution in [2.45, 2.75) is 45.9 Å². The molecule has 2 atom stereocenters. The van der Waals surface area contributed by atoms with Crippen LogP contribution in [0.3, 0.4) is 0 Å². The van der Waals surface area contributed by atoms with Crippen LogP contribution in [0.4, 0.5) is 11.4 Å². The third-order valence-corrected chi connectivity index (χ3v) is 7.31. The minimum absolute atomic E-state index is 0.0738. The molecule has 0 amide bonds. The number of ether oxygens (including phenoxy) is 1. The van der Waals surface area contributed by atoms with E-state index < -0.39 is 0 Å². The predicted octanol–water partition coefficient (Wildman–Crippen LogP) is 6.52. The Balaban J connectivity index is 1.60. The zero-order valence-electron chi connectivity index (χ0n) is 22.8. The molecule has 6 nitrogen and oxygen atoms in total. The van der Waals surface area contributed by atoms with E-state index in [1.165, 1.54) is 22.6 Å². The lowest BCUT2D eigenvalue weighted by Gasteiger charge is -2.28. The zero-order chi connectivity index (χ0) is 27.0. The van der Waals surface area contributed by atoms with Gasteiger partial charge in [-0.3, -0.25) is 4.98 Å². The number of aryl methyl sites for hydroxylation is 1. The number of nitrogens with zero attached hydrogens (tertiary/aromatic N) is 4. The molecule has 38 heavy (non-hydrogen) atoms. The van der Waals surface area contributed by atoms with Crippen molar-refractivity contribution in [2.75, 3.05) is 23.9 Å². The van der Waals surface area contributed by atoms with Gasteiger partial charge in [0.05, 0.1) is 23.9 Å². The van der Waals surface area contributed by atoms with Crippen molar-refractivity contribution >= 4 is 28.7 Å². The fourth-order valence-corrected chi connectivity index (χ4v) is 5.64. The van der Waals surface area contributed by atoms with Gasteiger partial charge in [-0.15, -0.1) is 0 Å². The Labute approximate surface area is 230 Å². The second-order valence-electron chi connectivity index (χ2n) is 10.2. The summed E-state index contributed by atoms with van der Waals surface area (Å²) in [5.41, 5.74) is 7.86. The molecule has 0 unspecified atom stereocenters. The van der Waals surface area contributed by atoms with Crippen LogP contribution in [0.25, 0.3) is 5.69 Å². The van der Waals surface area contributed by atoms with Gasteiger partial charge in [-0.25, -0.2) is 0 Å². The van der Waals surface area contributed by atoms with E-state index in [1.54, 1.807) is 0 Å². The summed E-state index contributed by atoms with van der Waals surface area (Å²) in [7, 11) is 4.12. The molecule has 2 aromatic carbocycles. The number of hydrogen-bond donors (Lipinski definition) is 1. The van der Waals surface area contributed by atoms with E-state index in [9.17, 15) is 0 Å². The molecule has 1 saturated heterocycles. The van der Waals surface area contributed by atoms with Crippen LogP contribution >= 0.6 is 12.2 Å². The monoisotopic (exact) mass is 525 g/mol. The lowest BCUT2D eigenvalue weighted by atomic mass is 9.96. The summed E-state index contributed by atoms with van der Waals surface area (Å²) in [5.74, 6) is 0.846. The quantitative estimate of drug-likeness (QED) is 0.277. The number of hydrogen-bond acceptors (Lipinski definition) is 4. The maximum atomic E-state index is 5.94. The topological polar surface area (TPSA) is 45.6 Å². The molecule has 196 valence electrons. The highest BCUT2D eigenvalue weighted by molar-refractivity contribution is 7.80. The summed E-state index contributed by atoms with van der Waals surface area (Å²) in [5, 5.41) is 4.26. The second kappa shape index (κ2) is 10.5. The Hall–Kier alpha value is -3.84. The number of benzene rings is 2. The highest BCUT2D eigenvalue weighted by Crippen LogP contribution is 2.44. The van der Waals surface area contributed by atoms with Gasteiger partial charge in [0.25, 0.3) is 0 Å². The largest absolute Gasteiger partial charge is 0.491 e. The Kier molecular flexibility index (Phi) is 7.13. The van der Waals surface area contributed by atoms with Crippen LogP contribution in [0.15, 0.2) is 79.0 Å². The van der Waals surface area contributed by atoms with Crippen molar-refractivity contribution in [1.29, 1.82) is 0 Å². The van der Waals surface area contributed by atoms with Gasteiger partial charge in [0.2, 0.25) is 0 Å². The Bertz CT molecular complexity index is 1410. The minimum Gasteiger partial charge on any atom is -0.491 e. The summed E-state index contributed by atoms with van der Waals surface area (Å²) in [6.07, 6.45) is 1.96. The molecular formula is C31H35N5OS. The van der Waals surface area contributed by atoms with Crippen LogP contribution < -0.4 is 19.9 Å². The van der Waals surface area contributed by atoms with Crippen LogP contribution in [0.5, 0.6) is 5.75 Å². The SMILES string of the molecule is Cc1cc([C@H]2[C@@H](c3ccccn3)NC(=S)N2c2ccc(OC(C)C)cc2)c(C)n1-c1ccc(N(C)C)cc1. The van der Waals surface area contributed by atoms with E-state index in [4.69, 9.17) is 21.9 Å². The first-order valence-electron chi connectivity index (χ1n) is 13.0. The number of aromatic nitrogens is 2. The number of anilines is 2. The van der Waals surface area contributed by atoms with Gasteiger partial charge in [0, 0.05) is 48.7 Å². The van der Waals surface area contributed by atoms with Gasteiger partial charge in [-0.2, -0.15) is 0 Å². The highest BCUT2D eigenvalue weighted by Gasteiger charge is 2.42. The van der Waals surface area contributed by atoms with Crippen LogP contribution in [0.2, 0.25) is 0 Å². The highest BCUT2D eigenvalue weighted by atomic mass is 32.1. The molecule has 0 aliphatic carbocycles. The summed E-state index contributed by atoms with van der Waals surface area (Å²) in [4.78, 5) is 9.04. The molecule has 0 saturated carbocycles. The third-order valence-electron chi connectivity index (χ3n) is 7.00. The van der Waals surface area contributed by atoms with Crippen molar-refractivity contribution < 1.29 is 4.74 Å². The molecule has 2 aromatic heterocycles. The van der Waals surface area contributed by atoms with Crippen LogP contribution in [-0.2, 0) is 0 Å². The van der Waals surface area contributed by atoms with Gasteiger partial charge in [-0.05, 0) is 112 Å². The number of nitrogens with one attached hydrogen (secondary N) is 1. The van der Waals surface area contributed by atoms with Crippen molar-refractivity contribution in [3.63, 3.8) is 0 Å². The standard InChI is InChI=1S/C31H35N5OS/c1-20(2)37-26-16-14-25(15-17-26)36-30(29(33-31(36)38)28-9-7-8-18-32-28)27-19-21(3)35(22(27)4)24-12-10-23(11-13-24)34(5)6/h7-20,29-30H,1-6H3,(H,33,38)/t29-,30+/m1/s1. The molecule has 4 aromatic rings. The van der Waals surface area contributed by atoms with E-state index in [2.05, 4.69) is 96.2 Å². The smallest absolute Gasteiger partial charge is 0.174 e. The van der Waals surface area contributed by atoms with E-state index >= 15 is 0 Å². The van der Waals surface area contributed by atoms with Gasteiger partial charge in [0.1, 0.15) is 5.75 Å². The van der Waals surface area contributed by atoms with Crippen LogP contribution in [0, 0.1) is 13.8 Å². The first kappa shape index (κ1) is 25.8. The van der Waals surface area contributed by atoms with Gasteiger partial charge >= 0.3 is 0 Å². The summed E-state index contributed by atoms with van der Waals surface area (Å²) < 4.78 is 8.21. The van der Waals surface area contributed by atoms with Gasteiger partial charge < -0.3 is 24.4 Å². The first-order valence-corrected chi connectivity index (χ1v) is 13.4. The fourth-order valence-electron chi connectivity index (χ4n) is 5.29. The van der Waals surface area contributed by atoms with Crippen LogP contribution in [0.1, 0.15) is 48.6 Å². The molecule has 5 rings (SSSR count). The number of thiocarbonyl (C=S) groups is 1. The first-order chi connectivity index (χ1) is 18.2. The molecule has 7 heteroatoms. The van der Waals surface area contributed by atoms with E-state index in [-0.39, 0.29) is 18.2 Å². The van der Waals surface area contributed by atoms with Crippen LogP contribution in [-0.4, -0.2) is 34.9 Å². The van der Waals surface area contributed by atoms with Crippen molar-refractivity contribution in [1.82, 2.24) is 14.9 Å². The molecule has 0 bridgehead atoms.